The van der Waals surface area contributed by atoms with Gasteiger partial charge in [0.2, 0.25) is 0 Å². The summed E-state index contributed by atoms with van der Waals surface area (Å²) in [4.78, 5) is 0. The van der Waals surface area contributed by atoms with Gasteiger partial charge in [0, 0.05) is 21.6 Å². The highest BCUT2D eigenvalue weighted by molar-refractivity contribution is 5.85. The van der Waals surface area contributed by atoms with Crippen LogP contribution in [0, 0.1) is 79.3 Å². The first-order valence-corrected chi connectivity index (χ1v) is 12.5. The smallest absolute Gasteiger partial charge is 0.192 e. The molecule has 0 aliphatic carbocycles. The molecule has 248 valence electrons. The van der Waals surface area contributed by atoms with Crippen LogP contribution in [-0.4, -0.2) is 0 Å². The van der Waals surface area contributed by atoms with Crippen LogP contribution >= 0.6 is 0 Å². The standard InChI is InChI=1S/C31H5F12N7/c32-28(33,34)23-4-17(25(30(38,39)40)2-13(23)6-44)19(9-47)16-1-15(8-46)27(22(12-50)20(16)10-48)21(11-49)18-5-24(29(35,36)37)14(7-45)3-26(18)31(41,42)43/h1-5H/b19-16+,27-21+. The van der Waals surface area contributed by atoms with Crippen molar-refractivity contribution in [2.45, 2.75) is 24.7 Å². The van der Waals surface area contributed by atoms with E-state index in [1.165, 1.54) is 18.2 Å². The molecule has 0 aromatic heterocycles. The Kier molecular flexibility index (Phi) is 9.65. The van der Waals surface area contributed by atoms with Gasteiger partial charge >= 0.3 is 24.7 Å². The van der Waals surface area contributed by atoms with E-state index in [1.807, 2.05) is 0 Å². The molecule has 0 aliphatic heterocycles. The van der Waals surface area contributed by atoms with Gasteiger partial charge in [0.1, 0.15) is 24.3 Å². The number of hydrogen-bond acceptors (Lipinski definition) is 7. The minimum Gasteiger partial charge on any atom is -0.192 e. The SMILES string of the molecule is N#C/C(c1cc(C(F)(F)F)c(C#N)cc1C(F)(F)F)=c1/cc(C#N)/c(=C(/C#N)c2cc(C(F)(F)F)c(C#N)cc2C(F)(F)F)c(C#N)c1C#N. The van der Waals surface area contributed by atoms with E-state index in [0.29, 0.717) is 0 Å². The summed E-state index contributed by atoms with van der Waals surface area (Å²) in [5.74, 6) is 0. The number of nitriles is 7. The van der Waals surface area contributed by atoms with Gasteiger partial charge in [-0.25, -0.2) is 0 Å². The van der Waals surface area contributed by atoms with Crippen LogP contribution in [0.3, 0.4) is 0 Å². The molecule has 0 atom stereocenters. The van der Waals surface area contributed by atoms with Crippen molar-refractivity contribution in [2.24, 2.45) is 0 Å². The van der Waals surface area contributed by atoms with E-state index in [4.69, 9.17) is 10.5 Å². The molecular formula is C31H5F12N7. The third-order valence-electron chi connectivity index (χ3n) is 6.73. The van der Waals surface area contributed by atoms with Crippen molar-refractivity contribution in [2.75, 3.05) is 0 Å². The highest BCUT2D eigenvalue weighted by atomic mass is 19.4. The Hall–Kier alpha value is -7.01. The Morgan fingerprint density at radius 2 is 0.760 bits per heavy atom. The maximum absolute atomic E-state index is 14.1. The molecule has 50 heavy (non-hydrogen) atoms. The molecule has 0 saturated heterocycles. The van der Waals surface area contributed by atoms with Crippen LogP contribution in [0.15, 0.2) is 30.3 Å². The third kappa shape index (κ3) is 6.69. The fourth-order valence-corrected chi connectivity index (χ4v) is 4.71. The van der Waals surface area contributed by atoms with Gasteiger partial charge in [0.25, 0.3) is 0 Å². The van der Waals surface area contributed by atoms with Crippen molar-refractivity contribution in [1.29, 1.82) is 36.8 Å². The van der Waals surface area contributed by atoms with E-state index < -0.39 is 107 Å². The van der Waals surface area contributed by atoms with Crippen LogP contribution in [0.25, 0.3) is 11.1 Å². The number of halogens is 12. The molecule has 0 amide bonds. The van der Waals surface area contributed by atoms with Crippen LogP contribution < -0.4 is 10.4 Å². The molecule has 0 N–H and O–H groups in total. The summed E-state index contributed by atoms with van der Waals surface area (Å²) in [6.07, 6.45) is -22.2. The summed E-state index contributed by atoms with van der Waals surface area (Å²) >= 11 is 0. The van der Waals surface area contributed by atoms with Crippen molar-refractivity contribution >= 4 is 11.1 Å². The molecule has 0 spiro atoms. The molecule has 0 unspecified atom stereocenters. The van der Waals surface area contributed by atoms with Gasteiger partial charge < -0.3 is 0 Å². The minimum absolute atomic E-state index is 0.262. The van der Waals surface area contributed by atoms with Crippen molar-refractivity contribution in [3.05, 3.63) is 102 Å². The summed E-state index contributed by atoms with van der Waals surface area (Å²) in [5.41, 5.74) is -21.4. The lowest BCUT2D eigenvalue weighted by Gasteiger charge is -2.18. The van der Waals surface area contributed by atoms with Crippen molar-refractivity contribution in [3.63, 3.8) is 0 Å². The summed E-state index contributed by atoms with van der Waals surface area (Å²) in [5, 5.41) is 65.2. The Morgan fingerprint density at radius 1 is 0.400 bits per heavy atom. The lowest BCUT2D eigenvalue weighted by Crippen LogP contribution is -2.27. The Labute approximate surface area is 270 Å². The molecule has 3 aromatic rings. The topological polar surface area (TPSA) is 167 Å². The largest absolute Gasteiger partial charge is 0.417 e. The zero-order valence-electron chi connectivity index (χ0n) is 23.6. The van der Waals surface area contributed by atoms with Gasteiger partial charge in [-0.1, -0.05) is 0 Å². The molecule has 0 saturated carbocycles. The zero-order chi connectivity index (χ0) is 38.1. The first-order chi connectivity index (χ1) is 23.0. The van der Waals surface area contributed by atoms with Gasteiger partial charge in [-0.2, -0.15) is 89.5 Å². The number of alkyl halides is 12. The molecule has 0 fully saturated rings. The van der Waals surface area contributed by atoms with E-state index in [1.54, 1.807) is 0 Å². The fourth-order valence-electron chi connectivity index (χ4n) is 4.71. The van der Waals surface area contributed by atoms with Crippen molar-refractivity contribution in [1.82, 2.24) is 0 Å². The average Bonchev–Trinajstić information content (AvgIpc) is 3.02. The number of hydrogen-bond donors (Lipinski definition) is 0. The van der Waals surface area contributed by atoms with Gasteiger partial charge in [-0.15, -0.1) is 0 Å². The molecule has 19 heteroatoms. The van der Waals surface area contributed by atoms with Crippen molar-refractivity contribution in [3.8, 4) is 42.5 Å². The Balaban J connectivity index is 2.85. The third-order valence-corrected chi connectivity index (χ3v) is 6.73. The average molecular weight is 703 g/mol. The predicted molar refractivity (Wildman–Crippen MR) is 138 cm³/mol. The normalized spacial score (nSPS) is 12.9. The quantitative estimate of drug-likeness (QED) is 0.272. The number of rotatable bonds is 2. The lowest BCUT2D eigenvalue weighted by atomic mass is 9.87. The predicted octanol–water partition coefficient (Wildman–Crippen LogP) is 6.57. The summed E-state index contributed by atoms with van der Waals surface area (Å²) in [6.45, 7) is 0. The molecular weight excluding hydrogens is 698 g/mol. The van der Waals surface area contributed by atoms with Crippen LogP contribution in [0.4, 0.5) is 52.7 Å². The second-order valence-corrected chi connectivity index (χ2v) is 9.51. The molecule has 3 aromatic carbocycles. The first kappa shape index (κ1) is 37.4. The summed E-state index contributed by atoms with van der Waals surface area (Å²) in [7, 11) is 0. The fraction of sp³-hybridized carbons (Fsp3) is 0.129. The van der Waals surface area contributed by atoms with Crippen LogP contribution in [-0.2, 0) is 24.7 Å². The van der Waals surface area contributed by atoms with Gasteiger partial charge in [-0.3, -0.25) is 0 Å². The van der Waals surface area contributed by atoms with Crippen LogP contribution in [0.1, 0.15) is 61.2 Å². The Bertz CT molecular complexity index is 2400. The van der Waals surface area contributed by atoms with E-state index >= 15 is 0 Å². The maximum atomic E-state index is 14.1. The lowest BCUT2D eigenvalue weighted by molar-refractivity contribution is -0.141. The van der Waals surface area contributed by atoms with Gasteiger partial charge in [-0.05, 0) is 30.3 Å². The van der Waals surface area contributed by atoms with Crippen molar-refractivity contribution < 1.29 is 52.7 Å². The first-order valence-electron chi connectivity index (χ1n) is 12.5. The highest BCUT2D eigenvalue weighted by Gasteiger charge is 2.42. The monoisotopic (exact) mass is 703 g/mol. The molecule has 0 aliphatic rings. The second kappa shape index (κ2) is 12.9. The van der Waals surface area contributed by atoms with E-state index in [-0.39, 0.29) is 30.3 Å². The van der Waals surface area contributed by atoms with Gasteiger partial charge in [0.05, 0.1) is 79.4 Å². The molecule has 7 nitrogen and oxygen atoms in total. The maximum Gasteiger partial charge on any atom is 0.417 e. The van der Waals surface area contributed by atoms with Crippen LogP contribution in [0.5, 0.6) is 0 Å². The Morgan fingerprint density at radius 3 is 1.06 bits per heavy atom. The van der Waals surface area contributed by atoms with E-state index in [2.05, 4.69) is 0 Å². The molecule has 0 radical (unpaired) electrons. The molecule has 3 rings (SSSR count). The summed E-state index contributed by atoms with van der Waals surface area (Å²) in [6, 6.07) is 6.88. The number of nitrogens with zero attached hydrogens (tertiary/aromatic N) is 7. The van der Waals surface area contributed by atoms with Crippen LogP contribution in [0.2, 0.25) is 0 Å². The summed E-state index contributed by atoms with van der Waals surface area (Å²) < 4.78 is 167. The number of benzene rings is 3. The second-order valence-electron chi connectivity index (χ2n) is 9.51. The minimum atomic E-state index is -5.62. The van der Waals surface area contributed by atoms with Gasteiger partial charge in [0.15, 0.2) is 0 Å². The highest BCUT2D eigenvalue weighted by Crippen LogP contribution is 2.42. The van der Waals surface area contributed by atoms with E-state index in [9.17, 15) is 79.0 Å². The zero-order valence-corrected chi connectivity index (χ0v) is 23.6. The molecule has 0 bridgehead atoms. The van der Waals surface area contributed by atoms with E-state index in [0.717, 1.165) is 24.3 Å². The molecule has 0 heterocycles.